The second-order valence-corrected chi connectivity index (χ2v) is 5.92. The maximum absolute atomic E-state index is 6.03. The van der Waals surface area contributed by atoms with E-state index < -0.39 is 0 Å². The monoisotopic (exact) mass is 284 g/mol. The Morgan fingerprint density at radius 3 is 2.67 bits per heavy atom. The van der Waals surface area contributed by atoms with Crippen LogP contribution in [0, 0.1) is 0 Å². The fourth-order valence-electron chi connectivity index (χ4n) is 2.19. The Hall–Kier alpha value is -0.730. The molecular formula is C14H18Cl2N2. The van der Waals surface area contributed by atoms with Crippen LogP contribution in [0.1, 0.15) is 33.0 Å². The quantitative estimate of drug-likeness (QED) is 0.750. The number of imidazole rings is 1. The summed E-state index contributed by atoms with van der Waals surface area (Å²) in [6.07, 6.45) is 1.81. The van der Waals surface area contributed by atoms with Gasteiger partial charge in [-0.3, -0.25) is 0 Å². The minimum Gasteiger partial charge on any atom is -0.322 e. The number of benzene rings is 1. The normalized spacial score (nSPS) is 12.3. The molecule has 0 atom stereocenters. The first kappa shape index (κ1) is 13.7. The highest BCUT2D eigenvalue weighted by molar-refractivity contribution is 6.31. The molecule has 0 bridgehead atoms. The molecule has 0 N–H and O–H groups in total. The average molecular weight is 285 g/mol. The third-order valence-electron chi connectivity index (χ3n) is 3.47. The molecule has 0 unspecified atom stereocenters. The number of alkyl halides is 1. The van der Waals surface area contributed by atoms with E-state index >= 15 is 0 Å². The molecule has 0 aliphatic rings. The van der Waals surface area contributed by atoms with Gasteiger partial charge in [0, 0.05) is 22.9 Å². The van der Waals surface area contributed by atoms with E-state index in [1.165, 1.54) is 0 Å². The van der Waals surface area contributed by atoms with Crippen molar-refractivity contribution < 1.29 is 0 Å². The molecule has 1 aromatic heterocycles. The molecule has 4 heteroatoms. The summed E-state index contributed by atoms with van der Waals surface area (Å²) in [7, 11) is 0. The largest absolute Gasteiger partial charge is 0.322 e. The highest BCUT2D eigenvalue weighted by Crippen LogP contribution is 2.29. The van der Waals surface area contributed by atoms with E-state index in [0.29, 0.717) is 5.88 Å². The standard InChI is InChI=1S/C14H18Cl2N2/c1-4-14(2,3)18-12-6-5-10(16)9-11(12)17-13(18)7-8-15/h5-6,9H,4,7-8H2,1-3H3. The maximum atomic E-state index is 6.03. The lowest BCUT2D eigenvalue weighted by Gasteiger charge is -2.28. The molecule has 0 amide bonds. The van der Waals surface area contributed by atoms with Crippen LogP contribution in [-0.2, 0) is 12.0 Å². The minimum atomic E-state index is 0.0317. The molecule has 18 heavy (non-hydrogen) atoms. The number of nitrogens with zero attached hydrogens (tertiary/aromatic N) is 2. The maximum Gasteiger partial charge on any atom is 0.111 e. The van der Waals surface area contributed by atoms with Crippen molar-refractivity contribution in [3.63, 3.8) is 0 Å². The minimum absolute atomic E-state index is 0.0317. The molecule has 98 valence electrons. The first-order valence-electron chi connectivity index (χ1n) is 6.23. The van der Waals surface area contributed by atoms with Crippen molar-refractivity contribution in [1.82, 2.24) is 9.55 Å². The highest BCUT2D eigenvalue weighted by atomic mass is 35.5. The summed E-state index contributed by atoms with van der Waals surface area (Å²) in [6, 6.07) is 5.87. The third-order valence-corrected chi connectivity index (χ3v) is 3.90. The molecule has 0 spiro atoms. The smallest absolute Gasteiger partial charge is 0.111 e. The fraction of sp³-hybridized carbons (Fsp3) is 0.500. The molecular weight excluding hydrogens is 267 g/mol. The van der Waals surface area contributed by atoms with Gasteiger partial charge in [0.05, 0.1) is 11.0 Å². The molecule has 2 rings (SSSR count). The summed E-state index contributed by atoms with van der Waals surface area (Å²) >= 11 is 11.9. The van der Waals surface area contributed by atoms with Gasteiger partial charge in [-0.15, -0.1) is 11.6 Å². The first-order chi connectivity index (χ1) is 8.49. The Morgan fingerprint density at radius 2 is 2.06 bits per heavy atom. The van der Waals surface area contributed by atoms with Crippen molar-refractivity contribution in [2.45, 2.75) is 39.2 Å². The zero-order chi connectivity index (χ0) is 13.3. The SMILES string of the molecule is CCC(C)(C)n1c(CCCl)nc2cc(Cl)ccc21. The van der Waals surface area contributed by atoms with Crippen LogP contribution in [0.4, 0.5) is 0 Å². The van der Waals surface area contributed by atoms with Crippen molar-refractivity contribution in [2.24, 2.45) is 0 Å². The number of aryl methyl sites for hydroxylation is 1. The van der Waals surface area contributed by atoms with E-state index in [9.17, 15) is 0 Å². The van der Waals surface area contributed by atoms with Gasteiger partial charge in [0.25, 0.3) is 0 Å². The molecule has 0 radical (unpaired) electrons. The van der Waals surface area contributed by atoms with Crippen molar-refractivity contribution >= 4 is 34.2 Å². The van der Waals surface area contributed by atoms with Crippen LogP contribution in [-0.4, -0.2) is 15.4 Å². The van der Waals surface area contributed by atoms with Gasteiger partial charge in [-0.1, -0.05) is 18.5 Å². The molecule has 1 aromatic carbocycles. The summed E-state index contributed by atoms with van der Waals surface area (Å²) in [5, 5.41) is 0.721. The third kappa shape index (κ3) is 2.36. The summed E-state index contributed by atoms with van der Waals surface area (Å²) in [4.78, 5) is 4.67. The molecule has 2 nitrogen and oxygen atoms in total. The van der Waals surface area contributed by atoms with E-state index in [1.54, 1.807) is 0 Å². The molecule has 0 saturated carbocycles. The Bertz CT molecular complexity index is 558. The van der Waals surface area contributed by atoms with E-state index in [-0.39, 0.29) is 5.54 Å². The van der Waals surface area contributed by atoms with Gasteiger partial charge in [-0.05, 0) is 38.5 Å². The molecule has 2 aromatic rings. The number of rotatable bonds is 4. The van der Waals surface area contributed by atoms with Gasteiger partial charge >= 0.3 is 0 Å². The zero-order valence-electron chi connectivity index (χ0n) is 11.0. The van der Waals surface area contributed by atoms with Crippen molar-refractivity contribution in [2.75, 3.05) is 5.88 Å². The Morgan fingerprint density at radius 1 is 1.33 bits per heavy atom. The number of aromatic nitrogens is 2. The topological polar surface area (TPSA) is 17.8 Å². The van der Waals surface area contributed by atoms with Crippen LogP contribution in [0.3, 0.4) is 0 Å². The van der Waals surface area contributed by atoms with Crippen LogP contribution >= 0.6 is 23.2 Å². The second kappa shape index (κ2) is 5.10. The van der Waals surface area contributed by atoms with Gasteiger partial charge in [0.2, 0.25) is 0 Å². The Labute approximate surface area is 118 Å². The first-order valence-corrected chi connectivity index (χ1v) is 7.14. The number of hydrogen-bond donors (Lipinski definition) is 0. The lowest BCUT2D eigenvalue weighted by molar-refractivity contribution is 0.342. The predicted octanol–water partition coefficient (Wildman–Crippen LogP) is 4.62. The van der Waals surface area contributed by atoms with E-state index in [4.69, 9.17) is 23.2 Å². The van der Waals surface area contributed by atoms with Crippen LogP contribution in [0.15, 0.2) is 18.2 Å². The summed E-state index contributed by atoms with van der Waals surface area (Å²) in [6.45, 7) is 6.63. The number of hydrogen-bond acceptors (Lipinski definition) is 1. The van der Waals surface area contributed by atoms with E-state index in [1.807, 2.05) is 18.2 Å². The molecule has 0 aliphatic heterocycles. The van der Waals surface area contributed by atoms with Crippen molar-refractivity contribution in [3.05, 3.63) is 29.0 Å². The van der Waals surface area contributed by atoms with Crippen LogP contribution in [0.2, 0.25) is 5.02 Å². The lowest BCUT2D eigenvalue weighted by atomic mass is 10.0. The molecule has 0 fully saturated rings. The molecule has 1 heterocycles. The lowest BCUT2D eigenvalue weighted by Crippen LogP contribution is -2.27. The van der Waals surface area contributed by atoms with Crippen molar-refractivity contribution in [1.29, 1.82) is 0 Å². The van der Waals surface area contributed by atoms with Gasteiger partial charge in [-0.2, -0.15) is 0 Å². The van der Waals surface area contributed by atoms with Gasteiger partial charge < -0.3 is 4.57 Å². The fourth-order valence-corrected chi connectivity index (χ4v) is 2.52. The van der Waals surface area contributed by atoms with Crippen molar-refractivity contribution in [3.8, 4) is 0 Å². The van der Waals surface area contributed by atoms with E-state index in [0.717, 1.165) is 34.7 Å². The molecule has 0 saturated heterocycles. The highest BCUT2D eigenvalue weighted by Gasteiger charge is 2.23. The van der Waals surface area contributed by atoms with Crippen LogP contribution < -0.4 is 0 Å². The predicted molar refractivity (Wildman–Crippen MR) is 78.8 cm³/mol. The second-order valence-electron chi connectivity index (χ2n) is 5.10. The van der Waals surface area contributed by atoms with Crippen LogP contribution in [0.5, 0.6) is 0 Å². The zero-order valence-corrected chi connectivity index (χ0v) is 12.5. The number of halogens is 2. The molecule has 0 aliphatic carbocycles. The summed E-state index contributed by atoms with van der Waals surface area (Å²) < 4.78 is 2.29. The van der Waals surface area contributed by atoms with Gasteiger partial charge in [0.1, 0.15) is 5.82 Å². The Kier molecular flexibility index (Phi) is 3.88. The van der Waals surface area contributed by atoms with Crippen LogP contribution in [0.25, 0.3) is 11.0 Å². The average Bonchev–Trinajstić information content (AvgIpc) is 2.67. The van der Waals surface area contributed by atoms with Gasteiger partial charge in [-0.25, -0.2) is 4.98 Å². The van der Waals surface area contributed by atoms with Gasteiger partial charge in [0.15, 0.2) is 0 Å². The summed E-state index contributed by atoms with van der Waals surface area (Å²) in [5.41, 5.74) is 2.11. The van der Waals surface area contributed by atoms with E-state index in [2.05, 4.69) is 30.3 Å². The summed E-state index contributed by atoms with van der Waals surface area (Å²) in [5.74, 6) is 1.62. The Balaban J connectivity index is 2.70. The number of fused-ring (bicyclic) bond motifs is 1.